The molecule has 0 aliphatic carbocycles. The summed E-state index contributed by atoms with van der Waals surface area (Å²) in [7, 11) is -3.44. The molecule has 1 aromatic carbocycles. The van der Waals surface area contributed by atoms with Gasteiger partial charge in [-0.3, -0.25) is 0 Å². The first kappa shape index (κ1) is 16.0. The Morgan fingerprint density at radius 3 is 2.61 bits per heavy atom. The number of alkyl halides is 1. The van der Waals surface area contributed by atoms with Crippen LogP contribution in [0.15, 0.2) is 29.2 Å². The number of halogens is 2. The van der Waals surface area contributed by atoms with Crippen LogP contribution in [0.4, 0.5) is 0 Å². The highest BCUT2D eigenvalue weighted by Gasteiger charge is 2.23. The molecule has 0 saturated carbocycles. The van der Waals surface area contributed by atoms with Crippen molar-refractivity contribution in [1.29, 1.82) is 0 Å². The Morgan fingerprint density at radius 1 is 1.33 bits per heavy atom. The Balaban J connectivity index is 3.00. The van der Waals surface area contributed by atoms with Crippen LogP contribution in [-0.4, -0.2) is 31.1 Å². The summed E-state index contributed by atoms with van der Waals surface area (Å²) in [4.78, 5) is 0.257. The average Bonchev–Trinajstić information content (AvgIpc) is 2.34. The van der Waals surface area contributed by atoms with Crippen molar-refractivity contribution in [2.45, 2.75) is 24.7 Å². The average molecular weight is 355 g/mol. The first-order chi connectivity index (χ1) is 8.52. The second-order valence-corrected chi connectivity index (χ2v) is 7.07. The molecule has 0 atom stereocenters. The first-order valence-corrected chi connectivity index (χ1v) is 8.78. The third-order valence-corrected chi connectivity index (χ3v) is 5.01. The molecule has 0 fully saturated rings. The van der Waals surface area contributed by atoms with Crippen LogP contribution in [0.3, 0.4) is 0 Å². The van der Waals surface area contributed by atoms with Gasteiger partial charge >= 0.3 is 0 Å². The predicted molar refractivity (Wildman–Crippen MR) is 78.9 cm³/mol. The number of nitrogens with zero attached hydrogens (tertiary/aromatic N) is 1. The highest BCUT2D eigenvalue weighted by Crippen LogP contribution is 2.20. The fourth-order valence-electron chi connectivity index (χ4n) is 1.56. The molecule has 0 aliphatic rings. The van der Waals surface area contributed by atoms with Crippen LogP contribution in [0.2, 0.25) is 5.02 Å². The van der Waals surface area contributed by atoms with Gasteiger partial charge in [0.1, 0.15) is 0 Å². The van der Waals surface area contributed by atoms with Gasteiger partial charge in [0.25, 0.3) is 0 Å². The SMILES string of the molecule is CCCCN(CCBr)S(=O)(=O)c1cccc(Cl)c1. The minimum absolute atomic E-state index is 0.257. The van der Waals surface area contributed by atoms with E-state index >= 15 is 0 Å². The molecule has 0 bridgehead atoms. The van der Waals surface area contributed by atoms with Gasteiger partial charge < -0.3 is 0 Å². The Morgan fingerprint density at radius 2 is 2.06 bits per heavy atom. The van der Waals surface area contributed by atoms with Crippen molar-refractivity contribution in [3.05, 3.63) is 29.3 Å². The number of hydrogen-bond donors (Lipinski definition) is 0. The zero-order chi connectivity index (χ0) is 13.6. The lowest BCUT2D eigenvalue weighted by Gasteiger charge is -2.21. The molecule has 0 unspecified atom stereocenters. The van der Waals surface area contributed by atoms with Crippen LogP contribution in [0.25, 0.3) is 0 Å². The molecule has 1 rings (SSSR count). The largest absolute Gasteiger partial charge is 0.243 e. The Bertz CT molecular complexity index is 479. The summed E-state index contributed by atoms with van der Waals surface area (Å²) in [5.41, 5.74) is 0. The summed E-state index contributed by atoms with van der Waals surface area (Å²) >= 11 is 9.13. The van der Waals surface area contributed by atoms with E-state index in [-0.39, 0.29) is 4.90 Å². The zero-order valence-electron chi connectivity index (χ0n) is 10.3. The number of hydrogen-bond acceptors (Lipinski definition) is 2. The summed E-state index contributed by atoms with van der Waals surface area (Å²) in [6, 6.07) is 6.39. The summed E-state index contributed by atoms with van der Waals surface area (Å²) in [5.74, 6) is 0. The van der Waals surface area contributed by atoms with Crippen LogP contribution in [0.1, 0.15) is 19.8 Å². The molecule has 0 N–H and O–H groups in total. The van der Waals surface area contributed by atoms with Gasteiger partial charge in [-0.15, -0.1) is 0 Å². The number of sulfonamides is 1. The lowest BCUT2D eigenvalue weighted by Crippen LogP contribution is -2.33. The van der Waals surface area contributed by atoms with Gasteiger partial charge in [0.05, 0.1) is 4.90 Å². The molecule has 0 heterocycles. The maximum absolute atomic E-state index is 12.4. The summed E-state index contributed by atoms with van der Waals surface area (Å²) in [6.45, 7) is 3.05. The predicted octanol–water partition coefficient (Wildman–Crippen LogP) is 3.53. The van der Waals surface area contributed by atoms with E-state index in [1.165, 1.54) is 10.4 Å². The molecule has 1 aromatic rings. The van der Waals surface area contributed by atoms with Gasteiger partial charge in [-0.25, -0.2) is 8.42 Å². The van der Waals surface area contributed by atoms with E-state index in [0.717, 1.165) is 12.8 Å². The maximum Gasteiger partial charge on any atom is 0.243 e. The molecule has 102 valence electrons. The molecular weight excluding hydrogens is 338 g/mol. The van der Waals surface area contributed by atoms with Crippen molar-refractivity contribution in [3.63, 3.8) is 0 Å². The van der Waals surface area contributed by atoms with E-state index in [1.807, 2.05) is 6.92 Å². The van der Waals surface area contributed by atoms with Crippen LogP contribution in [-0.2, 0) is 10.0 Å². The maximum atomic E-state index is 12.4. The lowest BCUT2D eigenvalue weighted by molar-refractivity contribution is 0.422. The van der Waals surface area contributed by atoms with Gasteiger partial charge in [0.15, 0.2) is 0 Å². The van der Waals surface area contributed by atoms with Crippen molar-refractivity contribution in [2.75, 3.05) is 18.4 Å². The summed E-state index contributed by atoms with van der Waals surface area (Å²) in [5, 5.41) is 1.06. The Hall–Kier alpha value is -0.100. The molecule has 0 amide bonds. The van der Waals surface area contributed by atoms with Gasteiger partial charge in [-0.2, -0.15) is 4.31 Å². The standard InChI is InChI=1S/C12H17BrClNO2S/c1-2-3-8-15(9-7-13)18(16,17)12-6-4-5-11(14)10-12/h4-6,10H,2-3,7-9H2,1H3. The van der Waals surface area contributed by atoms with Crippen molar-refractivity contribution in [3.8, 4) is 0 Å². The number of unbranched alkanes of at least 4 members (excludes halogenated alkanes) is 1. The van der Waals surface area contributed by atoms with Gasteiger partial charge in [0, 0.05) is 23.4 Å². The zero-order valence-corrected chi connectivity index (χ0v) is 13.4. The monoisotopic (exact) mass is 353 g/mol. The highest BCUT2D eigenvalue weighted by atomic mass is 79.9. The molecule has 3 nitrogen and oxygen atoms in total. The highest BCUT2D eigenvalue weighted by molar-refractivity contribution is 9.09. The lowest BCUT2D eigenvalue weighted by atomic mass is 10.3. The minimum atomic E-state index is -3.44. The quantitative estimate of drug-likeness (QED) is 0.703. The molecule has 0 aromatic heterocycles. The number of benzene rings is 1. The molecule has 18 heavy (non-hydrogen) atoms. The van der Waals surface area contributed by atoms with Crippen LogP contribution >= 0.6 is 27.5 Å². The molecule has 0 radical (unpaired) electrons. The van der Waals surface area contributed by atoms with Crippen molar-refractivity contribution in [1.82, 2.24) is 4.31 Å². The van der Waals surface area contributed by atoms with Crippen molar-refractivity contribution < 1.29 is 8.42 Å². The summed E-state index contributed by atoms with van der Waals surface area (Å²) < 4.78 is 26.4. The van der Waals surface area contributed by atoms with E-state index in [4.69, 9.17) is 11.6 Å². The molecule has 6 heteroatoms. The van der Waals surface area contributed by atoms with E-state index in [9.17, 15) is 8.42 Å². The van der Waals surface area contributed by atoms with E-state index in [2.05, 4.69) is 15.9 Å². The van der Waals surface area contributed by atoms with Crippen molar-refractivity contribution in [2.24, 2.45) is 0 Å². The normalized spacial score (nSPS) is 12.0. The van der Waals surface area contributed by atoms with E-state index < -0.39 is 10.0 Å². The van der Waals surface area contributed by atoms with E-state index in [1.54, 1.807) is 18.2 Å². The smallest absolute Gasteiger partial charge is 0.207 e. The molecule has 0 aliphatic heterocycles. The Labute approximate surface area is 122 Å². The first-order valence-electron chi connectivity index (χ1n) is 5.84. The third kappa shape index (κ3) is 4.23. The fourth-order valence-corrected chi connectivity index (χ4v) is 4.00. The van der Waals surface area contributed by atoms with Gasteiger partial charge in [0.2, 0.25) is 10.0 Å². The molecular formula is C12H17BrClNO2S. The number of rotatable bonds is 7. The molecule has 0 saturated heterocycles. The third-order valence-electron chi connectivity index (χ3n) is 2.53. The van der Waals surface area contributed by atoms with Crippen LogP contribution in [0, 0.1) is 0 Å². The van der Waals surface area contributed by atoms with Gasteiger partial charge in [-0.1, -0.05) is 46.9 Å². The summed E-state index contributed by atoms with van der Waals surface area (Å²) in [6.07, 6.45) is 1.82. The van der Waals surface area contributed by atoms with E-state index in [0.29, 0.717) is 23.4 Å². The minimum Gasteiger partial charge on any atom is -0.207 e. The topological polar surface area (TPSA) is 37.4 Å². The van der Waals surface area contributed by atoms with Crippen molar-refractivity contribution >= 4 is 37.6 Å². The Kier molecular flexibility index (Phi) is 6.63. The van der Waals surface area contributed by atoms with Crippen LogP contribution < -0.4 is 0 Å². The fraction of sp³-hybridized carbons (Fsp3) is 0.500. The second kappa shape index (κ2) is 7.48. The molecule has 0 spiro atoms. The second-order valence-electron chi connectivity index (χ2n) is 3.90. The van der Waals surface area contributed by atoms with Gasteiger partial charge in [-0.05, 0) is 24.6 Å². The van der Waals surface area contributed by atoms with Crippen LogP contribution in [0.5, 0.6) is 0 Å².